The first-order chi connectivity index (χ1) is 32.8. The Kier molecular flexibility index (Phi) is 14.7. The molecule has 8 rings (SSSR count). The van der Waals surface area contributed by atoms with Gasteiger partial charge in [0.25, 0.3) is 0 Å². The van der Waals surface area contributed by atoms with Gasteiger partial charge < -0.3 is 45.4 Å². The zero-order chi connectivity index (χ0) is 49.4. The number of hydrogen-bond acceptors (Lipinski definition) is 12. The molecule has 0 aliphatic carbocycles. The number of thiazole rings is 1. The number of pyridine rings is 1. The minimum absolute atomic E-state index is 0.00346. The summed E-state index contributed by atoms with van der Waals surface area (Å²) in [6, 6.07) is 6.75. The fourth-order valence-electron chi connectivity index (χ4n) is 10.7. The largest absolute Gasteiger partial charge is 0.444 e. The molecule has 7 heterocycles. The summed E-state index contributed by atoms with van der Waals surface area (Å²) >= 11 is 1.58. The van der Waals surface area contributed by atoms with Crippen molar-refractivity contribution in [2.75, 3.05) is 37.6 Å². The van der Waals surface area contributed by atoms with Gasteiger partial charge in [0.15, 0.2) is 0 Å². The normalized spacial score (nSPS) is 24.0. The van der Waals surface area contributed by atoms with E-state index in [1.54, 1.807) is 43.2 Å². The van der Waals surface area contributed by atoms with Crippen LogP contribution in [-0.4, -0.2) is 140 Å². The molecule has 17 nitrogen and oxygen atoms in total. The number of hydrogen-bond donors (Lipinski definition) is 4. The Morgan fingerprint density at radius 1 is 0.899 bits per heavy atom. The van der Waals surface area contributed by atoms with E-state index in [1.165, 1.54) is 4.90 Å². The number of β-amino-alcohol motifs (C(OH)–C–C–N with tert-alkyl or cyclic N) is 1. The van der Waals surface area contributed by atoms with E-state index in [0.29, 0.717) is 51.9 Å². The van der Waals surface area contributed by atoms with Crippen molar-refractivity contribution in [3.8, 4) is 10.4 Å². The molecule has 6 amide bonds. The van der Waals surface area contributed by atoms with E-state index in [0.717, 1.165) is 52.2 Å². The maximum Gasteiger partial charge on any atom is 0.408 e. The first-order valence-corrected chi connectivity index (χ1v) is 25.5. The number of aromatic nitrogens is 2. The van der Waals surface area contributed by atoms with Gasteiger partial charge in [-0.25, -0.2) is 9.78 Å². The van der Waals surface area contributed by atoms with Gasteiger partial charge in [-0.15, -0.1) is 11.3 Å². The molecule has 2 aromatic heterocycles. The SMILES string of the molecule is Cc1ncsc1-c1ccc(CNC(=O)[C@@H]2C[C@@H](O)CN2C(=O)[C@@H](NC(=O)C2CCN(c3ccncc3C3CN(C(=O)[C@@H]4CC[C@@H]5CCC[C@H](NC(=O)OC(C)(C)C)C(=O)N54)C3)CC2)C(C)(C)C)cc1. The van der Waals surface area contributed by atoms with Gasteiger partial charge in [-0.3, -0.25) is 29.0 Å². The van der Waals surface area contributed by atoms with Crippen LogP contribution in [0.5, 0.6) is 0 Å². The number of anilines is 1. The standard InChI is InChI=1S/C51H69N9O8S/c1-30-42(69-29-54-30)32-13-11-31(12-14-32)24-53-45(63)41-23-36(61)28-59(41)48(66)43(50(2,3)4)56-44(62)33-18-21-57(22-19-33)39-17-20-52-25-37(39)34-26-58(27-34)47(65)40-16-15-35-9-8-10-38(46(64)60(35)40)55-49(67)68-51(5,6)7/h11-14,17,20,25,29,33-36,38,40-41,43,61H,8-10,15-16,18-19,21-24,26-28H2,1-7H3,(H,53,63)(H,55,67)(H,56,62)/t35-,36+,38-,40-,41-,43+/m0/s1. The molecule has 0 spiro atoms. The number of likely N-dealkylation sites (tertiary alicyclic amines) is 2. The minimum Gasteiger partial charge on any atom is -0.444 e. The molecule has 5 saturated heterocycles. The predicted molar refractivity (Wildman–Crippen MR) is 261 cm³/mol. The van der Waals surface area contributed by atoms with Crippen molar-refractivity contribution in [1.82, 2.24) is 40.6 Å². The van der Waals surface area contributed by atoms with Gasteiger partial charge in [0.05, 0.1) is 22.2 Å². The first kappa shape index (κ1) is 49.8. The van der Waals surface area contributed by atoms with Crippen molar-refractivity contribution >= 4 is 52.7 Å². The van der Waals surface area contributed by atoms with Crippen molar-refractivity contribution in [3.63, 3.8) is 0 Å². The van der Waals surface area contributed by atoms with Crippen molar-refractivity contribution < 1.29 is 38.6 Å². The molecule has 3 aromatic rings. The number of piperidine rings is 1. The van der Waals surface area contributed by atoms with Gasteiger partial charge in [-0.1, -0.05) is 45.0 Å². The van der Waals surface area contributed by atoms with Crippen LogP contribution in [0.3, 0.4) is 0 Å². The van der Waals surface area contributed by atoms with Crippen molar-refractivity contribution in [1.29, 1.82) is 0 Å². The number of aliphatic hydroxyl groups is 1. The third kappa shape index (κ3) is 11.2. The Morgan fingerprint density at radius 2 is 1.62 bits per heavy atom. The lowest BCUT2D eigenvalue weighted by Gasteiger charge is -2.44. The number of nitrogens with one attached hydrogen (secondary N) is 3. The fraction of sp³-hybridized carbons (Fsp3) is 0.608. The molecule has 5 aliphatic rings. The van der Waals surface area contributed by atoms with Crippen LogP contribution in [0.25, 0.3) is 10.4 Å². The Bertz CT molecular complexity index is 2380. The number of nitrogens with zero attached hydrogens (tertiary/aromatic N) is 6. The smallest absolute Gasteiger partial charge is 0.408 e. The lowest BCUT2D eigenvalue weighted by molar-refractivity contribution is -0.148. The Morgan fingerprint density at radius 3 is 2.29 bits per heavy atom. The molecule has 1 aromatic carbocycles. The summed E-state index contributed by atoms with van der Waals surface area (Å²) in [4.78, 5) is 99.7. The Balaban J connectivity index is 0.840. The maximum absolute atomic E-state index is 14.4. The molecule has 0 radical (unpaired) electrons. The molecule has 0 saturated carbocycles. The molecule has 69 heavy (non-hydrogen) atoms. The van der Waals surface area contributed by atoms with Gasteiger partial charge in [0.1, 0.15) is 29.8 Å². The zero-order valence-corrected chi connectivity index (χ0v) is 41.9. The Hall–Kier alpha value is -5.62. The molecule has 0 bridgehead atoms. The average molecular weight is 968 g/mol. The number of rotatable bonds is 11. The topological polar surface area (TPSA) is 207 Å². The van der Waals surface area contributed by atoms with E-state index in [1.807, 2.05) is 74.6 Å². The number of amides is 6. The number of benzene rings is 1. The third-order valence-corrected chi connectivity index (χ3v) is 15.4. The van der Waals surface area contributed by atoms with Gasteiger partial charge in [0.2, 0.25) is 29.5 Å². The summed E-state index contributed by atoms with van der Waals surface area (Å²) in [5, 5.41) is 19.5. The van der Waals surface area contributed by atoms with Crippen LogP contribution < -0.4 is 20.9 Å². The second kappa shape index (κ2) is 20.4. The van der Waals surface area contributed by atoms with E-state index in [-0.39, 0.29) is 61.0 Å². The van der Waals surface area contributed by atoms with Crippen molar-refractivity contribution in [2.45, 2.75) is 154 Å². The van der Waals surface area contributed by atoms with E-state index in [2.05, 4.69) is 30.8 Å². The highest BCUT2D eigenvalue weighted by atomic mass is 32.1. The van der Waals surface area contributed by atoms with Crippen molar-refractivity contribution in [2.24, 2.45) is 11.3 Å². The summed E-state index contributed by atoms with van der Waals surface area (Å²) in [5.74, 6) is -1.54. The second-order valence-corrected chi connectivity index (χ2v) is 22.5. The van der Waals surface area contributed by atoms with Crippen LogP contribution in [0.15, 0.2) is 48.2 Å². The highest BCUT2D eigenvalue weighted by Crippen LogP contribution is 2.39. The number of alkyl carbamates (subject to hydrolysis) is 1. The van der Waals surface area contributed by atoms with Crippen molar-refractivity contribution in [3.05, 3.63) is 65.1 Å². The summed E-state index contributed by atoms with van der Waals surface area (Å²) in [5.41, 5.74) is 5.39. The molecule has 0 unspecified atom stereocenters. The van der Waals surface area contributed by atoms with E-state index in [9.17, 15) is 33.9 Å². The van der Waals surface area contributed by atoms with Crippen LogP contribution >= 0.6 is 11.3 Å². The molecular weight excluding hydrogens is 899 g/mol. The van der Waals surface area contributed by atoms with Gasteiger partial charge in [0, 0.05) is 87.2 Å². The van der Waals surface area contributed by atoms with Gasteiger partial charge in [-0.05, 0) is 95.2 Å². The number of carbonyl (C=O) groups excluding carboxylic acids is 6. The van der Waals surface area contributed by atoms with Crippen LogP contribution in [0.1, 0.15) is 116 Å². The lowest BCUT2D eigenvalue weighted by Crippen LogP contribution is -2.59. The number of aryl methyl sites for hydroxylation is 1. The number of ether oxygens (including phenoxy) is 1. The summed E-state index contributed by atoms with van der Waals surface area (Å²) in [6.45, 7) is 15.4. The molecule has 5 aliphatic heterocycles. The van der Waals surface area contributed by atoms with E-state index < -0.39 is 53.3 Å². The Labute approximate surface area is 409 Å². The molecule has 4 N–H and O–H groups in total. The van der Waals surface area contributed by atoms with E-state index >= 15 is 0 Å². The monoisotopic (exact) mass is 967 g/mol. The molecule has 6 atom stereocenters. The highest BCUT2D eigenvalue weighted by molar-refractivity contribution is 7.13. The predicted octanol–water partition coefficient (Wildman–Crippen LogP) is 4.90. The van der Waals surface area contributed by atoms with E-state index in [4.69, 9.17) is 4.74 Å². The first-order valence-electron chi connectivity index (χ1n) is 24.6. The van der Waals surface area contributed by atoms with Gasteiger partial charge in [-0.2, -0.15) is 0 Å². The second-order valence-electron chi connectivity index (χ2n) is 21.6. The quantitative estimate of drug-likeness (QED) is 0.203. The zero-order valence-electron chi connectivity index (χ0n) is 41.0. The number of aliphatic hydroxyl groups excluding tert-OH is 1. The minimum atomic E-state index is -0.926. The lowest BCUT2D eigenvalue weighted by atomic mass is 9.84. The van der Waals surface area contributed by atoms with Crippen LogP contribution in [0.2, 0.25) is 0 Å². The number of fused-ring (bicyclic) bond motifs is 1. The summed E-state index contributed by atoms with van der Waals surface area (Å²) in [6.07, 6.45) is 6.73. The van der Waals surface area contributed by atoms with Crippen LogP contribution in [-0.2, 0) is 35.3 Å². The molecule has 372 valence electrons. The summed E-state index contributed by atoms with van der Waals surface area (Å²) in [7, 11) is 0. The third-order valence-electron chi connectivity index (χ3n) is 14.4. The fourth-order valence-corrected chi connectivity index (χ4v) is 11.5. The van der Waals surface area contributed by atoms with Gasteiger partial charge >= 0.3 is 6.09 Å². The van der Waals surface area contributed by atoms with Crippen LogP contribution in [0, 0.1) is 18.3 Å². The molecule has 5 fully saturated rings. The summed E-state index contributed by atoms with van der Waals surface area (Å²) < 4.78 is 5.44. The number of carbonyl (C=O) groups is 6. The highest BCUT2D eigenvalue weighted by Gasteiger charge is 2.49. The van der Waals surface area contributed by atoms with Crippen LogP contribution in [0.4, 0.5) is 10.5 Å². The maximum atomic E-state index is 14.4. The average Bonchev–Trinajstić information content (AvgIpc) is 4.01. The molecule has 18 heteroatoms. The molecular formula is C51H69N9O8S.